The first-order valence-corrected chi connectivity index (χ1v) is 7.36. The standard InChI is InChI=1S/C16H21NO6/c1-21-14-13(18)9-8-12(15(19)22-2)17(14)16(20)23-10-11-6-4-3-5-7-11/h3-7,12-14,18H,8-10H2,1-2H3. The van der Waals surface area contributed by atoms with Crippen LogP contribution < -0.4 is 0 Å². The summed E-state index contributed by atoms with van der Waals surface area (Å²) in [5.74, 6) is -0.560. The fourth-order valence-electron chi connectivity index (χ4n) is 2.64. The van der Waals surface area contributed by atoms with Crippen molar-refractivity contribution in [1.82, 2.24) is 4.90 Å². The lowest BCUT2D eigenvalue weighted by molar-refractivity contribution is -0.168. The Kier molecular flexibility index (Phi) is 5.95. The number of esters is 1. The van der Waals surface area contributed by atoms with Gasteiger partial charge >= 0.3 is 12.1 Å². The van der Waals surface area contributed by atoms with E-state index >= 15 is 0 Å². The van der Waals surface area contributed by atoms with Crippen LogP contribution in [0.15, 0.2) is 30.3 Å². The molecule has 0 spiro atoms. The molecule has 1 N–H and O–H groups in total. The number of hydrogen-bond acceptors (Lipinski definition) is 6. The molecule has 1 fully saturated rings. The Morgan fingerprint density at radius 2 is 1.91 bits per heavy atom. The predicted octanol–water partition coefficient (Wildman–Crippen LogP) is 1.29. The second kappa shape index (κ2) is 7.94. The van der Waals surface area contributed by atoms with Gasteiger partial charge in [-0.25, -0.2) is 9.59 Å². The summed E-state index contributed by atoms with van der Waals surface area (Å²) in [4.78, 5) is 25.5. The molecular weight excluding hydrogens is 302 g/mol. The first-order chi connectivity index (χ1) is 11.1. The number of carbonyl (C=O) groups is 2. The van der Waals surface area contributed by atoms with Gasteiger partial charge in [-0.15, -0.1) is 0 Å². The van der Waals surface area contributed by atoms with Crippen LogP contribution in [-0.4, -0.2) is 54.7 Å². The van der Waals surface area contributed by atoms with E-state index in [0.29, 0.717) is 6.42 Å². The maximum atomic E-state index is 12.4. The van der Waals surface area contributed by atoms with E-state index in [0.717, 1.165) is 10.5 Å². The van der Waals surface area contributed by atoms with Gasteiger partial charge in [-0.1, -0.05) is 30.3 Å². The van der Waals surface area contributed by atoms with Crippen molar-refractivity contribution in [2.75, 3.05) is 14.2 Å². The van der Waals surface area contributed by atoms with Gasteiger partial charge in [0.2, 0.25) is 0 Å². The number of ether oxygens (including phenoxy) is 3. The molecule has 0 bridgehead atoms. The number of rotatable bonds is 4. The third kappa shape index (κ3) is 4.00. The molecule has 1 aliphatic rings. The van der Waals surface area contributed by atoms with Crippen LogP contribution in [0, 0.1) is 0 Å². The molecule has 1 amide bonds. The van der Waals surface area contributed by atoms with Gasteiger partial charge in [-0.05, 0) is 18.4 Å². The highest BCUT2D eigenvalue weighted by molar-refractivity contribution is 5.81. The van der Waals surface area contributed by atoms with E-state index in [1.54, 1.807) is 0 Å². The van der Waals surface area contributed by atoms with Crippen molar-refractivity contribution >= 4 is 12.1 Å². The summed E-state index contributed by atoms with van der Waals surface area (Å²) < 4.78 is 15.2. The number of aliphatic hydroxyl groups excluding tert-OH is 1. The molecule has 3 atom stereocenters. The van der Waals surface area contributed by atoms with E-state index < -0.39 is 30.4 Å². The quantitative estimate of drug-likeness (QED) is 0.841. The molecule has 23 heavy (non-hydrogen) atoms. The van der Waals surface area contributed by atoms with E-state index in [2.05, 4.69) is 0 Å². The molecule has 0 saturated carbocycles. The molecule has 0 aromatic heterocycles. The largest absolute Gasteiger partial charge is 0.467 e. The van der Waals surface area contributed by atoms with Crippen molar-refractivity contribution < 1.29 is 28.9 Å². The lowest BCUT2D eigenvalue weighted by atomic mass is 9.99. The summed E-state index contributed by atoms with van der Waals surface area (Å²) in [5, 5.41) is 10.0. The fraction of sp³-hybridized carbons (Fsp3) is 0.500. The van der Waals surface area contributed by atoms with Gasteiger partial charge in [0.1, 0.15) is 12.6 Å². The van der Waals surface area contributed by atoms with Crippen LogP contribution >= 0.6 is 0 Å². The molecule has 1 saturated heterocycles. The second-order valence-corrected chi connectivity index (χ2v) is 5.26. The summed E-state index contributed by atoms with van der Waals surface area (Å²) in [5.41, 5.74) is 0.821. The van der Waals surface area contributed by atoms with Crippen molar-refractivity contribution in [3.63, 3.8) is 0 Å². The normalized spacial score (nSPS) is 24.1. The summed E-state index contributed by atoms with van der Waals surface area (Å²) in [7, 11) is 2.62. The van der Waals surface area contributed by atoms with Gasteiger partial charge in [0.05, 0.1) is 13.2 Å². The Morgan fingerprint density at radius 1 is 1.22 bits per heavy atom. The molecule has 1 aromatic rings. The van der Waals surface area contributed by atoms with Crippen molar-refractivity contribution in [3.05, 3.63) is 35.9 Å². The number of piperidine rings is 1. The van der Waals surface area contributed by atoms with Crippen LogP contribution in [0.2, 0.25) is 0 Å². The molecule has 2 rings (SSSR count). The zero-order chi connectivity index (χ0) is 16.8. The number of carbonyl (C=O) groups excluding carboxylic acids is 2. The number of hydrogen-bond donors (Lipinski definition) is 1. The average Bonchev–Trinajstić information content (AvgIpc) is 2.59. The summed E-state index contributed by atoms with van der Waals surface area (Å²) in [6, 6.07) is 8.34. The molecule has 7 nitrogen and oxygen atoms in total. The van der Waals surface area contributed by atoms with Crippen LogP contribution in [0.1, 0.15) is 18.4 Å². The van der Waals surface area contributed by atoms with E-state index in [1.165, 1.54) is 14.2 Å². The third-order valence-corrected chi connectivity index (χ3v) is 3.81. The third-order valence-electron chi connectivity index (χ3n) is 3.81. The lowest BCUT2D eigenvalue weighted by Crippen LogP contribution is -2.59. The molecule has 126 valence electrons. The summed E-state index contributed by atoms with van der Waals surface area (Å²) in [6.07, 6.45) is -1.94. The van der Waals surface area contributed by atoms with E-state index in [1.807, 2.05) is 30.3 Å². The van der Waals surface area contributed by atoms with Crippen LogP contribution in [0.25, 0.3) is 0 Å². The summed E-state index contributed by atoms with van der Waals surface area (Å²) >= 11 is 0. The highest BCUT2D eigenvalue weighted by Crippen LogP contribution is 2.26. The number of benzene rings is 1. The van der Waals surface area contributed by atoms with Gasteiger partial charge in [-0.3, -0.25) is 4.90 Å². The van der Waals surface area contributed by atoms with Gasteiger partial charge in [0, 0.05) is 7.11 Å². The number of aliphatic hydroxyl groups is 1. The average molecular weight is 323 g/mol. The maximum Gasteiger partial charge on any atom is 0.413 e. The Morgan fingerprint density at radius 3 is 2.52 bits per heavy atom. The van der Waals surface area contributed by atoms with E-state index in [4.69, 9.17) is 14.2 Å². The smallest absolute Gasteiger partial charge is 0.413 e. The molecular formula is C16H21NO6. The van der Waals surface area contributed by atoms with Crippen LogP contribution in [-0.2, 0) is 25.6 Å². The SMILES string of the molecule is COC(=O)C1CCC(O)C(OC)N1C(=O)OCc1ccccc1. The zero-order valence-electron chi connectivity index (χ0n) is 13.2. The number of methoxy groups -OCH3 is 2. The minimum atomic E-state index is -0.948. The second-order valence-electron chi connectivity index (χ2n) is 5.26. The molecule has 0 radical (unpaired) electrons. The summed E-state index contributed by atoms with van der Waals surface area (Å²) in [6.45, 7) is 0.0661. The van der Waals surface area contributed by atoms with Gasteiger partial charge in [-0.2, -0.15) is 0 Å². The van der Waals surface area contributed by atoms with E-state index in [-0.39, 0.29) is 13.0 Å². The topological polar surface area (TPSA) is 85.3 Å². The fourth-order valence-corrected chi connectivity index (χ4v) is 2.64. The molecule has 1 aliphatic heterocycles. The monoisotopic (exact) mass is 323 g/mol. The number of nitrogens with zero attached hydrogens (tertiary/aromatic N) is 1. The van der Waals surface area contributed by atoms with Crippen molar-refractivity contribution in [2.24, 2.45) is 0 Å². The molecule has 7 heteroatoms. The maximum absolute atomic E-state index is 12.4. The zero-order valence-corrected chi connectivity index (χ0v) is 13.2. The van der Waals surface area contributed by atoms with Crippen LogP contribution in [0.5, 0.6) is 0 Å². The molecule has 1 heterocycles. The Balaban J connectivity index is 2.12. The first kappa shape index (κ1) is 17.2. The minimum absolute atomic E-state index is 0.0661. The first-order valence-electron chi connectivity index (χ1n) is 7.36. The Hall–Kier alpha value is -2.12. The molecule has 0 aliphatic carbocycles. The molecule has 3 unspecified atom stereocenters. The van der Waals surface area contributed by atoms with Gasteiger partial charge in [0.25, 0.3) is 0 Å². The van der Waals surface area contributed by atoms with E-state index in [9.17, 15) is 14.7 Å². The minimum Gasteiger partial charge on any atom is -0.467 e. The van der Waals surface area contributed by atoms with Crippen molar-refractivity contribution in [1.29, 1.82) is 0 Å². The van der Waals surface area contributed by atoms with Crippen LogP contribution in [0.3, 0.4) is 0 Å². The van der Waals surface area contributed by atoms with Gasteiger partial charge in [0.15, 0.2) is 6.23 Å². The van der Waals surface area contributed by atoms with Gasteiger partial charge < -0.3 is 19.3 Å². The highest BCUT2D eigenvalue weighted by Gasteiger charge is 2.44. The number of likely N-dealkylation sites (tertiary alicyclic amines) is 1. The Bertz CT molecular complexity index is 535. The van der Waals surface area contributed by atoms with Crippen LogP contribution in [0.4, 0.5) is 4.79 Å². The predicted molar refractivity (Wildman–Crippen MR) is 80.3 cm³/mol. The van der Waals surface area contributed by atoms with Crippen molar-refractivity contribution in [3.8, 4) is 0 Å². The van der Waals surface area contributed by atoms with Crippen molar-refractivity contribution in [2.45, 2.75) is 37.8 Å². The highest BCUT2D eigenvalue weighted by atomic mass is 16.6. The lowest BCUT2D eigenvalue weighted by Gasteiger charge is -2.41. The Labute approximate surface area is 134 Å². The molecule has 1 aromatic carbocycles. The number of amides is 1.